The monoisotopic (exact) mass is 277 g/mol. The minimum Gasteiger partial charge on any atom is -0.383 e. The van der Waals surface area contributed by atoms with Gasteiger partial charge in [0.2, 0.25) is 0 Å². The molecule has 2 aromatic rings. The molecule has 5 heteroatoms. The van der Waals surface area contributed by atoms with Crippen LogP contribution in [0.25, 0.3) is 0 Å². The number of halogens is 1. The molecule has 2 heterocycles. The first-order valence-corrected chi connectivity index (χ1v) is 6.81. The second-order valence-electron chi connectivity index (χ2n) is 5.36. The predicted molar refractivity (Wildman–Crippen MR) is 74.7 cm³/mol. The molecule has 0 amide bonds. The Balaban J connectivity index is 2.15. The van der Waals surface area contributed by atoms with Crippen molar-refractivity contribution in [2.75, 3.05) is 0 Å². The lowest BCUT2D eigenvalue weighted by Gasteiger charge is -2.21. The number of aliphatic hydroxyl groups is 1. The number of hydrogen-bond acceptors (Lipinski definition) is 3. The molecule has 0 spiro atoms. The van der Waals surface area contributed by atoms with Crippen LogP contribution in [0.1, 0.15) is 44.6 Å². The highest BCUT2D eigenvalue weighted by atomic mass is 19.1. The molecular formula is C15H20FN3O. The summed E-state index contributed by atoms with van der Waals surface area (Å²) in [6.45, 7) is 5.86. The summed E-state index contributed by atoms with van der Waals surface area (Å²) in [7, 11) is 0. The van der Waals surface area contributed by atoms with Crippen LogP contribution in [-0.4, -0.2) is 19.9 Å². The number of aromatic nitrogens is 3. The van der Waals surface area contributed by atoms with Crippen LogP contribution in [0.4, 0.5) is 4.39 Å². The molecule has 0 aliphatic heterocycles. The minimum absolute atomic E-state index is 0.331. The van der Waals surface area contributed by atoms with E-state index >= 15 is 0 Å². The van der Waals surface area contributed by atoms with Gasteiger partial charge in [-0.05, 0) is 38.5 Å². The second-order valence-corrected chi connectivity index (χ2v) is 5.36. The van der Waals surface area contributed by atoms with Gasteiger partial charge in [0.25, 0.3) is 0 Å². The second kappa shape index (κ2) is 5.71. The summed E-state index contributed by atoms with van der Waals surface area (Å²) in [5, 5.41) is 15.0. The summed E-state index contributed by atoms with van der Waals surface area (Å²) in [5.74, 6) is -0.411. The highest BCUT2D eigenvalue weighted by Crippen LogP contribution is 2.23. The molecule has 4 nitrogen and oxygen atoms in total. The molecule has 0 saturated carbocycles. The van der Waals surface area contributed by atoms with Crippen LogP contribution in [0.5, 0.6) is 0 Å². The predicted octanol–water partition coefficient (Wildman–Crippen LogP) is 2.84. The molecule has 0 aliphatic carbocycles. The summed E-state index contributed by atoms with van der Waals surface area (Å²) < 4.78 is 14.8. The lowest BCUT2D eigenvalue weighted by Crippen LogP contribution is -2.26. The van der Waals surface area contributed by atoms with E-state index in [0.29, 0.717) is 18.2 Å². The number of nitrogens with zero attached hydrogens (tertiary/aromatic N) is 3. The van der Waals surface area contributed by atoms with Gasteiger partial charge in [-0.1, -0.05) is 6.92 Å². The van der Waals surface area contributed by atoms with Crippen LogP contribution in [0.3, 0.4) is 0 Å². The normalized spacial score (nSPS) is 15.8. The lowest BCUT2D eigenvalue weighted by atomic mass is 9.96. The van der Waals surface area contributed by atoms with Gasteiger partial charge in [-0.3, -0.25) is 9.67 Å². The molecule has 108 valence electrons. The molecule has 2 rings (SSSR count). The Morgan fingerprint density at radius 1 is 1.40 bits per heavy atom. The third kappa shape index (κ3) is 3.22. The van der Waals surface area contributed by atoms with Gasteiger partial charge in [-0.2, -0.15) is 5.10 Å². The van der Waals surface area contributed by atoms with Crippen LogP contribution in [0.2, 0.25) is 0 Å². The van der Waals surface area contributed by atoms with Crippen molar-refractivity contribution in [1.29, 1.82) is 0 Å². The molecule has 0 saturated heterocycles. The van der Waals surface area contributed by atoms with Crippen molar-refractivity contribution < 1.29 is 9.50 Å². The zero-order valence-corrected chi connectivity index (χ0v) is 12.0. The van der Waals surface area contributed by atoms with Gasteiger partial charge >= 0.3 is 0 Å². The first-order chi connectivity index (χ1) is 9.42. The Hall–Kier alpha value is -1.75. The van der Waals surface area contributed by atoms with Gasteiger partial charge < -0.3 is 5.11 Å². The highest BCUT2D eigenvalue weighted by molar-refractivity contribution is 5.16. The van der Waals surface area contributed by atoms with Crippen molar-refractivity contribution in [2.45, 2.75) is 45.3 Å². The number of pyridine rings is 1. The maximum Gasteiger partial charge on any atom is 0.141 e. The Kier molecular flexibility index (Phi) is 4.18. The van der Waals surface area contributed by atoms with Crippen molar-refractivity contribution in [3.05, 3.63) is 47.8 Å². The van der Waals surface area contributed by atoms with Crippen LogP contribution in [-0.2, 0) is 12.0 Å². The summed E-state index contributed by atoms with van der Waals surface area (Å²) in [5.41, 5.74) is 0.0703. The van der Waals surface area contributed by atoms with E-state index in [1.54, 1.807) is 6.92 Å². The van der Waals surface area contributed by atoms with Gasteiger partial charge in [0.05, 0.1) is 17.6 Å². The zero-order valence-electron chi connectivity index (χ0n) is 12.0. The largest absolute Gasteiger partial charge is 0.383 e. The van der Waals surface area contributed by atoms with Gasteiger partial charge in [0, 0.05) is 18.7 Å². The summed E-state index contributed by atoms with van der Waals surface area (Å²) in [6, 6.07) is 5.03. The van der Waals surface area contributed by atoms with Crippen molar-refractivity contribution in [1.82, 2.24) is 14.8 Å². The minimum atomic E-state index is -1.16. The Morgan fingerprint density at radius 3 is 2.75 bits per heavy atom. The Morgan fingerprint density at radius 2 is 2.15 bits per heavy atom. The fraction of sp³-hybridized carbons (Fsp3) is 0.467. The third-order valence-electron chi connectivity index (χ3n) is 3.51. The third-order valence-corrected chi connectivity index (χ3v) is 3.51. The standard InChI is InChI=1S/C15H20FN3O/c1-4-11(2)19-8-7-13(18-19)9-15(3,20)14-6-5-12(16)10-17-14/h5-8,10-11,20H,4,9H2,1-3H3. The van der Waals surface area contributed by atoms with Crippen molar-refractivity contribution >= 4 is 0 Å². The fourth-order valence-corrected chi connectivity index (χ4v) is 2.04. The molecular weight excluding hydrogens is 257 g/mol. The van der Waals surface area contributed by atoms with Crippen molar-refractivity contribution in [3.63, 3.8) is 0 Å². The van der Waals surface area contributed by atoms with E-state index in [1.165, 1.54) is 12.1 Å². The van der Waals surface area contributed by atoms with Gasteiger partial charge in [0.1, 0.15) is 11.4 Å². The molecule has 2 unspecified atom stereocenters. The number of rotatable bonds is 5. The maximum atomic E-state index is 12.9. The van der Waals surface area contributed by atoms with Crippen LogP contribution < -0.4 is 0 Å². The van der Waals surface area contributed by atoms with Crippen LogP contribution in [0, 0.1) is 5.82 Å². The van der Waals surface area contributed by atoms with E-state index in [1.807, 2.05) is 16.9 Å². The van der Waals surface area contributed by atoms with Gasteiger partial charge in [0.15, 0.2) is 0 Å². The average Bonchev–Trinajstić information content (AvgIpc) is 2.86. The molecule has 0 aliphatic rings. The summed E-state index contributed by atoms with van der Waals surface area (Å²) >= 11 is 0. The van der Waals surface area contributed by atoms with Gasteiger partial charge in [-0.15, -0.1) is 0 Å². The van der Waals surface area contributed by atoms with Crippen molar-refractivity contribution in [3.8, 4) is 0 Å². The highest BCUT2D eigenvalue weighted by Gasteiger charge is 2.26. The first kappa shape index (κ1) is 14.7. The van der Waals surface area contributed by atoms with E-state index in [0.717, 1.165) is 18.3 Å². The molecule has 2 aromatic heterocycles. The quantitative estimate of drug-likeness (QED) is 0.914. The molecule has 2 atom stereocenters. The van der Waals surface area contributed by atoms with E-state index in [4.69, 9.17) is 0 Å². The first-order valence-electron chi connectivity index (χ1n) is 6.81. The lowest BCUT2D eigenvalue weighted by molar-refractivity contribution is 0.0517. The van der Waals surface area contributed by atoms with E-state index < -0.39 is 11.4 Å². The summed E-state index contributed by atoms with van der Waals surface area (Å²) in [6.07, 6.45) is 4.37. The van der Waals surface area contributed by atoms with E-state index in [-0.39, 0.29) is 0 Å². The molecule has 0 fully saturated rings. The van der Waals surface area contributed by atoms with Gasteiger partial charge in [-0.25, -0.2) is 4.39 Å². The van der Waals surface area contributed by atoms with E-state index in [9.17, 15) is 9.50 Å². The Bertz CT molecular complexity index is 563. The molecule has 1 N–H and O–H groups in total. The molecule has 0 bridgehead atoms. The fourth-order valence-electron chi connectivity index (χ4n) is 2.04. The average molecular weight is 277 g/mol. The molecule has 20 heavy (non-hydrogen) atoms. The smallest absolute Gasteiger partial charge is 0.141 e. The van der Waals surface area contributed by atoms with E-state index in [2.05, 4.69) is 23.9 Å². The SMILES string of the molecule is CCC(C)n1ccc(CC(C)(O)c2ccc(F)cn2)n1. The van der Waals surface area contributed by atoms with Crippen LogP contribution in [0.15, 0.2) is 30.6 Å². The van der Waals surface area contributed by atoms with Crippen LogP contribution >= 0.6 is 0 Å². The summed E-state index contributed by atoms with van der Waals surface area (Å²) in [4.78, 5) is 3.94. The topological polar surface area (TPSA) is 50.9 Å². The number of hydrogen-bond donors (Lipinski definition) is 1. The maximum absolute atomic E-state index is 12.9. The molecule has 0 aromatic carbocycles. The van der Waals surface area contributed by atoms with Crippen molar-refractivity contribution in [2.24, 2.45) is 0 Å². The molecule has 0 radical (unpaired) electrons. The Labute approximate surface area is 118 Å². The zero-order chi connectivity index (χ0) is 14.8.